The van der Waals surface area contributed by atoms with Gasteiger partial charge < -0.3 is 0 Å². The summed E-state index contributed by atoms with van der Waals surface area (Å²) in [5.74, 6) is 0.108. The summed E-state index contributed by atoms with van der Waals surface area (Å²) in [5.41, 5.74) is 0.672. The van der Waals surface area contributed by atoms with Crippen molar-refractivity contribution in [2.24, 2.45) is 0 Å². The van der Waals surface area contributed by atoms with Crippen molar-refractivity contribution in [3.63, 3.8) is 0 Å². The van der Waals surface area contributed by atoms with Crippen molar-refractivity contribution < 1.29 is 4.79 Å². The monoisotopic (exact) mass is 283 g/mol. The fourth-order valence-electron chi connectivity index (χ4n) is 1.81. The Labute approximate surface area is 103 Å². The molecule has 1 saturated heterocycles. The highest BCUT2D eigenvalue weighted by atomic mass is 79.9. The molecule has 1 amide bonds. The molecule has 1 aromatic rings. The summed E-state index contributed by atoms with van der Waals surface area (Å²) in [7, 11) is 1.92. The molecule has 0 aromatic carbocycles. The zero-order chi connectivity index (χ0) is 11.9. The maximum atomic E-state index is 11.9. The third-order valence-electron chi connectivity index (χ3n) is 2.95. The Kier molecular flexibility index (Phi) is 2.75. The van der Waals surface area contributed by atoms with E-state index in [9.17, 15) is 4.79 Å². The normalized spacial score (nSPS) is 20.5. The van der Waals surface area contributed by atoms with Crippen molar-refractivity contribution >= 4 is 27.5 Å². The molecule has 2 heterocycles. The number of amides is 1. The van der Waals surface area contributed by atoms with Gasteiger partial charge in [0.05, 0.1) is 11.9 Å². The van der Waals surface area contributed by atoms with Crippen LogP contribution < -0.4 is 5.01 Å². The minimum Gasteiger partial charge on any atom is -0.273 e. The second-order valence-corrected chi connectivity index (χ2v) is 5.37. The molecule has 0 aliphatic carbocycles. The van der Waals surface area contributed by atoms with Gasteiger partial charge in [-0.25, -0.2) is 15.0 Å². The van der Waals surface area contributed by atoms with Crippen LogP contribution in [0.25, 0.3) is 0 Å². The van der Waals surface area contributed by atoms with Gasteiger partial charge in [0.15, 0.2) is 0 Å². The van der Waals surface area contributed by atoms with Gasteiger partial charge in [0.2, 0.25) is 5.91 Å². The van der Waals surface area contributed by atoms with Gasteiger partial charge in [0.1, 0.15) is 4.60 Å². The molecule has 0 N–H and O–H groups in total. The van der Waals surface area contributed by atoms with Crippen LogP contribution in [0.4, 0.5) is 5.69 Å². The van der Waals surface area contributed by atoms with Crippen LogP contribution in [0.15, 0.2) is 22.9 Å². The van der Waals surface area contributed by atoms with E-state index >= 15 is 0 Å². The molecular formula is C11H14BrN3O. The molecule has 0 bridgehead atoms. The third-order valence-corrected chi connectivity index (χ3v) is 3.42. The quantitative estimate of drug-likeness (QED) is 0.742. The Morgan fingerprint density at radius 1 is 1.44 bits per heavy atom. The largest absolute Gasteiger partial charge is 0.273 e. The molecule has 0 unspecified atom stereocenters. The molecule has 2 rings (SSSR count). The number of pyridine rings is 1. The van der Waals surface area contributed by atoms with E-state index in [4.69, 9.17) is 0 Å². The minimum absolute atomic E-state index is 0.108. The number of hydrogen-bond acceptors (Lipinski definition) is 3. The molecule has 1 aliphatic rings. The number of hydrogen-bond donors (Lipinski definition) is 0. The number of carbonyl (C=O) groups excluding carboxylic acids is 1. The van der Waals surface area contributed by atoms with Crippen LogP contribution in [0.1, 0.15) is 20.3 Å². The molecule has 1 aromatic heterocycles. The summed E-state index contributed by atoms with van der Waals surface area (Å²) in [5, 5.41) is 3.64. The van der Waals surface area contributed by atoms with E-state index < -0.39 is 0 Å². The van der Waals surface area contributed by atoms with Crippen molar-refractivity contribution in [3.8, 4) is 0 Å². The van der Waals surface area contributed by atoms with E-state index in [1.54, 1.807) is 11.2 Å². The minimum atomic E-state index is -0.135. The van der Waals surface area contributed by atoms with E-state index in [0.29, 0.717) is 6.42 Å². The third kappa shape index (κ3) is 1.85. The molecule has 0 radical (unpaired) electrons. The first-order chi connectivity index (χ1) is 7.42. The SMILES string of the molecule is CN1N(c2ccc(Br)nc2)C(=O)CC1(C)C. The average Bonchev–Trinajstić information content (AvgIpc) is 2.39. The number of rotatable bonds is 1. The second-order valence-electron chi connectivity index (χ2n) is 4.56. The molecule has 0 saturated carbocycles. The van der Waals surface area contributed by atoms with Crippen LogP contribution in [0.3, 0.4) is 0 Å². The highest BCUT2D eigenvalue weighted by Gasteiger charge is 2.41. The Balaban J connectivity index is 2.35. The van der Waals surface area contributed by atoms with Crippen LogP contribution in [-0.4, -0.2) is 28.5 Å². The summed E-state index contributed by atoms with van der Waals surface area (Å²) in [6.07, 6.45) is 2.22. The molecular weight excluding hydrogens is 270 g/mol. The fourth-order valence-corrected chi connectivity index (χ4v) is 2.04. The van der Waals surface area contributed by atoms with Crippen LogP contribution in [-0.2, 0) is 4.79 Å². The zero-order valence-electron chi connectivity index (χ0n) is 9.57. The Morgan fingerprint density at radius 2 is 2.12 bits per heavy atom. The average molecular weight is 284 g/mol. The van der Waals surface area contributed by atoms with Gasteiger partial charge in [-0.1, -0.05) is 0 Å². The number of aromatic nitrogens is 1. The van der Waals surface area contributed by atoms with Gasteiger partial charge in [-0.2, -0.15) is 0 Å². The predicted octanol–water partition coefficient (Wildman–Crippen LogP) is 2.21. The summed E-state index contributed by atoms with van der Waals surface area (Å²) in [4.78, 5) is 16.1. The predicted molar refractivity (Wildman–Crippen MR) is 65.9 cm³/mol. The maximum Gasteiger partial charge on any atom is 0.243 e. The molecule has 5 heteroatoms. The van der Waals surface area contributed by atoms with Crippen molar-refractivity contribution in [1.82, 2.24) is 9.99 Å². The smallest absolute Gasteiger partial charge is 0.243 e. The molecule has 0 spiro atoms. The van der Waals surface area contributed by atoms with Gasteiger partial charge in [-0.3, -0.25) is 4.79 Å². The fraction of sp³-hybridized carbons (Fsp3) is 0.455. The van der Waals surface area contributed by atoms with Crippen molar-refractivity contribution in [3.05, 3.63) is 22.9 Å². The molecule has 1 aliphatic heterocycles. The summed E-state index contributed by atoms with van der Waals surface area (Å²) in [6.45, 7) is 4.11. The number of hydrazine groups is 1. The molecule has 0 atom stereocenters. The number of anilines is 1. The summed E-state index contributed by atoms with van der Waals surface area (Å²) < 4.78 is 0.768. The van der Waals surface area contributed by atoms with Gasteiger partial charge in [0.25, 0.3) is 0 Å². The lowest BCUT2D eigenvalue weighted by atomic mass is 10.0. The number of carbonyl (C=O) groups is 1. The van der Waals surface area contributed by atoms with Gasteiger partial charge in [-0.15, -0.1) is 0 Å². The van der Waals surface area contributed by atoms with Gasteiger partial charge in [0, 0.05) is 19.0 Å². The topological polar surface area (TPSA) is 36.4 Å². The number of halogens is 1. The first-order valence-corrected chi connectivity index (χ1v) is 5.89. The van der Waals surface area contributed by atoms with Crippen molar-refractivity contribution in [1.29, 1.82) is 0 Å². The van der Waals surface area contributed by atoms with Crippen LogP contribution in [0.5, 0.6) is 0 Å². The lowest BCUT2D eigenvalue weighted by Crippen LogP contribution is -2.44. The van der Waals surface area contributed by atoms with E-state index in [2.05, 4.69) is 34.8 Å². The zero-order valence-corrected chi connectivity index (χ0v) is 11.2. The van der Waals surface area contributed by atoms with Crippen LogP contribution in [0, 0.1) is 0 Å². The Hall–Kier alpha value is -0.940. The Morgan fingerprint density at radius 3 is 2.56 bits per heavy atom. The Bertz CT molecular complexity index is 416. The standard InChI is InChI=1S/C11H14BrN3O/c1-11(2)6-10(16)15(14(11)3)8-4-5-9(12)13-7-8/h4-5,7H,6H2,1-3H3. The second kappa shape index (κ2) is 3.82. The summed E-state index contributed by atoms with van der Waals surface area (Å²) in [6, 6.07) is 3.72. The molecule has 16 heavy (non-hydrogen) atoms. The van der Waals surface area contributed by atoms with Crippen molar-refractivity contribution in [2.45, 2.75) is 25.8 Å². The van der Waals surface area contributed by atoms with E-state index in [0.717, 1.165) is 10.3 Å². The van der Waals surface area contributed by atoms with Gasteiger partial charge >= 0.3 is 0 Å². The van der Waals surface area contributed by atoms with Crippen LogP contribution in [0.2, 0.25) is 0 Å². The number of nitrogens with zero attached hydrogens (tertiary/aromatic N) is 3. The first-order valence-electron chi connectivity index (χ1n) is 5.10. The highest BCUT2D eigenvalue weighted by Crippen LogP contribution is 2.32. The lowest BCUT2D eigenvalue weighted by Gasteiger charge is -2.32. The molecule has 1 fully saturated rings. The molecule has 86 valence electrons. The summed E-state index contributed by atoms with van der Waals surface area (Å²) >= 11 is 3.28. The first kappa shape index (κ1) is 11.5. The van der Waals surface area contributed by atoms with E-state index in [-0.39, 0.29) is 11.4 Å². The van der Waals surface area contributed by atoms with E-state index in [1.807, 2.05) is 24.2 Å². The van der Waals surface area contributed by atoms with Crippen LogP contribution >= 0.6 is 15.9 Å². The highest BCUT2D eigenvalue weighted by molar-refractivity contribution is 9.10. The maximum absolute atomic E-state index is 11.9. The lowest BCUT2D eigenvalue weighted by molar-refractivity contribution is -0.117. The van der Waals surface area contributed by atoms with Gasteiger partial charge in [-0.05, 0) is 41.9 Å². The van der Waals surface area contributed by atoms with E-state index in [1.165, 1.54) is 0 Å². The molecule has 4 nitrogen and oxygen atoms in total. The van der Waals surface area contributed by atoms with Crippen molar-refractivity contribution in [2.75, 3.05) is 12.1 Å².